The van der Waals surface area contributed by atoms with Gasteiger partial charge in [0.05, 0.1) is 24.0 Å². The predicted molar refractivity (Wildman–Crippen MR) is 118 cm³/mol. The summed E-state index contributed by atoms with van der Waals surface area (Å²) in [5.41, 5.74) is 2.43. The minimum Gasteiger partial charge on any atom is -0.494 e. The van der Waals surface area contributed by atoms with Crippen molar-refractivity contribution in [1.29, 1.82) is 0 Å². The summed E-state index contributed by atoms with van der Waals surface area (Å²) in [6, 6.07) is 14.5. The lowest BCUT2D eigenvalue weighted by Crippen LogP contribution is -2.24. The third kappa shape index (κ3) is 4.49. The maximum atomic E-state index is 12.6. The molecular weight excluding hydrogens is 444 g/mol. The average Bonchev–Trinajstić information content (AvgIpc) is 3.33. The second-order valence-corrected chi connectivity index (χ2v) is 10.1. The van der Waals surface area contributed by atoms with E-state index >= 15 is 0 Å². The molecule has 0 spiro atoms. The Labute approximate surface area is 183 Å². The number of nitrogens with zero attached hydrogens (tertiary/aromatic N) is 3. The number of nitrogens with one attached hydrogen (secondary N) is 1. The first-order chi connectivity index (χ1) is 14.5. The van der Waals surface area contributed by atoms with E-state index in [0.717, 1.165) is 22.6 Å². The van der Waals surface area contributed by atoms with Gasteiger partial charge in [0.15, 0.2) is 5.65 Å². The van der Waals surface area contributed by atoms with E-state index in [0.29, 0.717) is 34.5 Å². The highest BCUT2D eigenvalue weighted by Crippen LogP contribution is 2.25. The lowest BCUT2D eigenvalue weighted by atomic mass is 10.2. The van der Waals surface area contributed by atoms with Gasteiger partial charge in [-0.1, -0.05) is 23.7 Å². The molecule has 1 N–H and O–H groups in total. The fourth-order valence-electron chi connectivity index (χ4n) is 3.02. The highest BCUT2D eigenvalue weighted by Gasteiger charge is 2.19. The van der Waals surface area contributed by atoms with Gasteiger partial charge in [-0.15, -0.1) is 11.3 Å². The third-order valence-electron chi connectivity index (χ3n) is 4.39. The van der Waals surface area contributed by atoms with E-state index in [4.69, 9.17) is 16.3 Å². The van der Waals surface area contributed by atoms with Gasteiger partial charge in [-0.2, -0.15) is 0 Å². The first-order valence-corrected chi connectivity index (χ1v) is 11.9. The van der Waals surface area contributed by atoms with Crippen LogP contribution in [0, 0.1) is 0 Å². The molecule has 0 amide bonds. The lowest BCUT2D eigenvalue weighted by molar-refractivity contribution is 0.340. The van der Waals surface area contributed by atoms with Crippen LogP contribution in [-0.4, -0.2) is 29.6 Å². The van der Waals surface area contributed by atoms with Gasteiger partial charge in [-0.3, -0.25) is 0 Å². The first-order valence-electron chi connectivity index (χ1n) is 9.23. The minimum atomic E-state index is -3.68. The quantitative estimate of drug-likeness (QED) is 0.426. The van der Waals surface area contributed by atoms with Crippen LogP contribution in [0.3, 0.4) is 0 Å². The van der Waals surface area contributed by atoms with Crippen molar-refractivity contribution in [3.8, 4) is 5.75 Å². The molecule has 4 aromatic rings. The van der Waals surface area contributed by atoms with Crippen molar-refractivity contribution in [3.05, 3.63) is 70.5 Å². The summed E-state index contributed by atoms with van der Waals surface area (Å²) in [6.45, 7) is 3.08. The topological polar surface area (TPSA) is 86.1 Å². The summed E-state index contributed by atoms with van der Waals surface area (Å²) in [7, 11) is -3.68. The molecule has 0 atom stereocenters. The van der Waals surface area contributed by atoms with Gasteiger partial charge in [-0.05, 0) is 48.9 Å². The summed E-state index contributed by atoms with van der Waals surface area (Å²) in [6.07, 6.45) is 1.69. The highest BCUT2D eigenvalue weighted by molar-refractivity contribution is 7.91. The van der Waals surface area contributed by atoms with Crippen molar-refractivity contribution in [2.24, 2.45) is 0 Å². The Morgan fingerprint density at radius 2 is 1.97 bits per heavy atom. The van der Waals surface area contributed by atoms with Gasteiger partial charge in [-0.25, -0.2) is 23.1 Å². The summed E-state index contributed by atoms with van der Waals surface area (Å²) in [4.78, 5) is 9.02. The zero-order valence-electron chi connectivity index (χ0n) is 16.1. The SMILES string of the molecule is CCOc1ccc(Cn2c(CNS(=O)(=O)c3ccc(Cl)s3)nc3cccnc32)cc1. The molecular formula is C20H19ClN4O3S2. The van der Waals surface area contributed by atoms with Crippen molar-refractivity contribution < 1.29 is 13.2 Å². The van der Waals surface area contributed by atoms with E-state index in [1.165, 1.54) is 6.07 Å². The Kier molecular flexibility index (Phi) is 6.05. The summed E-state index contributed by atoms with van der Waals surface area (Å²) < 4.78 is 35.8. The zero-order valence-corrected chi connectivity index (χ0v) is 18.5. The smallest absolute Gasteiger partial charge is 0.250 e. The molecule has 0 fully saturated rings. The van der Waals surface area contributed by atoms with E-state index in [9.17, 15) is 8.42 Å². The van der Waals surface area contributed by atoms with Crippen molar-refractivity contribution in [2.75, 3.05) is 6.61 Å². The Bertz CT molecular complexity index is 1270. The van der Waals surface area contributed by atoms with Crippen molar-refractivity contribution in [2.45, 2.75) is 24.2 Å². The number of hydrogen-bond donors (Lipinski definition) is 1. The molecule has 0 bridgehead atoms. The summed E-state index contributed by atoms with van der Waals surface area (Å²) >= 11 is 6.89. The molecule has 0 saturated carbocycles. The minimum absolute atomic E-state index is 0.0330. The van der Waals surface area contributed by atoms with Crippen molar-refractivity contribution in [3.63, 3.8) is 0 Å². The van der Waals surface area contributed by atoms with Gasteiger partial charge < -0.3 is 9.30 Å². The number of fused-ring (bicyclic) bond motifs is 1. The number of rotatable bonds is 8. The number of benzene rings is 1. The molecule has 7 nitrogen and oxygen atoms in total. The molecule has 10 heteroatoms. The van der Waals surface area contributed by atoms with Crippen molar-refractivity contribution in [1.82, 2.24) is 19.3 Å². The van der Waals surface area contributed by atoms with E-state index < -0.39 is 10.0 Å². The number of thiophene rings is 1. The van der Waals surface area contributed by atoms with Crippen LogP contribution in [-0.2, 0) is 23.1 Å². The number of halogens is 1. The molecule has 0 saturated heterocycles. The van der Waals surface area contributed by atoms with E-state index in [-0.39, 0.29) is 10.8 Å². The fourth-order valence-corrected chi connectivity index (χ4v) is 5.53. The molecule has 1 aromatic carbocycles. The van der Waals surface area contributed by atoms with Gasteiger partial charge in [0.25, 0.3) is 10.0 Å². The molecule has 3 heterocycles. The molecule has 0 aliphatic carbocycles. The van der Waals surface area contributed by atoms with Gasteiger partial charge in [0.1, 0.15) is 21.3 Å². The standard InChI is InChI=1S/C20H19ClN4O3S2/c1-2-28-15-7-5-14(6-8-15)13-25-18(24-16-4-3-11-22-20(16)25)12-23-30(26,27)19-10-9-17(21)29-19/h3-11,23H,2,12-13H2,1H3. The van der Waals surface area contributed by atoms with Crippen LogP contribution < -0.4 is 9.46 Å². The van der Waals surface area contributed by atoms with Crippen LogP contribution >= 0.6 is 22.9 Å². The van der Waals surface area contributed by atoms with Crippen LogP contribution in [0.1, 0.15) is 18.3 Å². The second kappa shape index (κ2) is 8.73. The molecule has 0 aliphatic heterocycles. The normalized spacial score (nSPS) is 11.8. The number of hydrogen-bond acceptors (Lipinski definition) is 6. The van der Waals surface area contributed by atoms with Crippen LogP contribution in [0.5, 0.6) is 5.75 Å². The molecule has 4 rings (SSSR count). The number of ether oxygens (including phenoxy) is 1. The first kappa shape index (κ1) is 20.8. The second-order valence-electron chi connectivity index (χ2n) is 6.42. The number of sulfonamides is 1. The molecule has 0 unspecified atom stereocenters. The van der Waals surface area contributed by atoms with Crippen LogP contribution in [0.25, 0.3) is 11.2 Å². The predicted octanol–water partition coefficient (Wildman–Crippen LogP) is 4.07. The molecule has 30 heavy (non-hydrogen) atoms. The summed E-state index contributed by atoms with van der Waals surface area (Å²) in [5.74, 6) is 1.38. The molecule has 156 valence electrons. The zero-order chi connectivity index (χ0) is 21.1. The largest absolute Gasteiger partial charge is 0.494 e. The number of aromatic nitrogens is 3. The highest BCUT2D eigenvalue weighted by atomic mass is 35.5. The molecule has 3 aromatic heterocycles. The van der Waals surface area contributed by atoms with E-state index in [1.54, 1.807) is 18.3 Å². The Balaban J connectivity index is 1.61. The number of pyridine rings is 1. The Morgan fingerprint density at radius 1 is 1.17 bits per heavy atom. The third-order valence-corrected chi connectivity index (χ3v) is 7.52. The van der Waals surface area contributed by atoms with Gasteiger partial charge >= 0.3 is 0 Å². The van der Waals surface area contributed by atoms with Gasteiger partial charge in [0, 0.05) is 6.20 Å². The molecule has 0 radical (unpaired) electrons. The molecule has 0 aliphatic rings. The maximum absolute atomic E-state index is 12.6. The number of imidazole rings is 1. The van der Waals surface area contributed by atoms with Crippen LogP contribution in [0.2, 0.25) is 4.34 Å². The lowest BCUT2D eigenvalue weighted by Gasteiger charge is -2.11. The Morgan fingerprint density at radius 3 is 2.67 bits per heavy atom. The van der Waals surface area contributed by atoms with E-state index in [1.807, 2.05) is 41.8 Å². The fraction of sp³-hybridized carbons (Fsp3) is 0.200. The van der Waals surface area contributed by atoms with E-state index in [2.05, 4.69) is 14.7 Å². The maximum Gasteiger partial charge on any atom is 0.250 e. The Hall–Kier alpha value is -2.46. The van der Waals surface area contributed by atoms with Crippen LogP contribution in [0.4, 0.5) is 0 Å². The van der Waals surface area contributed by atoms with Gasteiger partial charge in [0.2, 0.25) is 0 Å². The van der Waals surface area contributed by atoms with Crippen LogP contribution in [0.15, 0.2) is 58.9 Å². The van der Waals surface area contributed by atoms with Crippen molar-refractivity contribution >= 4 is 44.1 Å². The monoisotopic (exact) mass is 462 g/mol. The average molecular weight is 463 g/mol. The summed E-state index contributed by atoms with van der Waals surface area (Å²) in [5, 5.41) is 0.